The Kier molecular flexibility index (Phi) is 7.67. The van der Waals surface area contributed by atoms with Crippen molar-refractivity contribution in [1.82, 2.24) is 9.88 Å². The third-order valence-corrected chi connectivity index (χ3v) is 7.78. The van der Waals surface area contributed by atoms with E-state index in [-0.39, 0.29) is 5.91 Å². The van der Waals surface area contributed by atoms with Crippen molar-refractivity contribution in [3.8, 4) is 5.75 Å². The van der Waals surface area contributed by atoms with E-state index in [1.807, 2.05) is 17.0 Å². The van der Waals surface area contributed by atoms with E-state index >= 15 is 0 Å². The summed E-state index contributed by atoms with van der Waals surface area (Å²) in [4.78, 5) is 23.5. The Bertz CT molecular complexity index is 1060. The lowest BCUT2D eigenvalue weighted by Crippen LogP contribution is -2.43. The molecular formula is C24H29N3O3S2. The molecule has 1 fully saturated rings. The Morgan fingerprint density at radius 1 is 1.19 bits per heavy atom. The second-order valence-electron chi connectivity index (χ2n) is 7.86. The third kappa shape index (κ3) is 5.43. The summed E-state index contributed by atoms with van der Waals surface area (Å²) in [7, 11) is 1.66. The molecule has 0 bridgehead atoms. The number of rotatable bonds is 8. The third-order valence-electron chi connectivity index (χ3n) is 5.57. The highest BCUT2D eigenvalue weighted by Gasteiger charge is 2.23. The van der Waals surface area contributed by atoms with Gasteiger partial charge in [0.05, 0.1) is 30.8 Å². The van der Waals surface area contributed by atoms with Crippen LogP contribution in [0.5, 0.6) is 5.75 Å². The number of benzene rings is 2. The number of amides is 1. The second kappa shape index (κ2) is 10.7. The molecule has 6 nitrogen and oxygen atoms in total. The van der Waals surface area contributed by atoms with E-state index in [2.05, 4.69) is 43.0 Å². The van der Waals surface area contributed by atoms with Crippen LogP contribution in [0.3, 0.4) is 0 Å². The van der Waals surface area contributed by atoms with Crippen molar-refractivity contribution in [2.75, 3.05) is 57.2 Å². The van der Waals surface area contributed by atoms with Crippen LogP contribution in [0.2, 0.25) is 0 Å². The van der Waals surface area contributed by atoms with Crippen LogP contribution in [0, 0.1) is 13.8 Å². The molecule has 1 saturated heterocycles. The number of carbonyl (C=O) groups is 1. The molecule has 0 radical (unpaired) electrons. The zero-order valence-corrected chi connectivity index (χ0v) is 20.4. The molecule has 0 spiro atoms. The molecule has 170 valence electrons. The molecule has 0 unspecified atom stereocenters. The number of methoxy groups -OCH3 is 1. The van der Waals surface area contributed by atoms with Crippen LogP contribution in [-0.4, -0.2) is 68.0 Å². The fraction of sp³-hybridized carbons (Fsp3) is 0.417. The van der Waals surface area contributed by atoms with Crippen LogP contribution in [0.4, 0.5) is 5.13 Å². The Morgan fingerprint density at radius 2 is 1.94 bits per heavy atom. The molecule has 8 heteroatoms. The maximum Gasteiger partial charge on any atom is 0.239 e. The van der Waals surface area contributed by atoms with Gasteiger partial charge in [0.1, 0.15) is 11.3 Å². The van der Waals surface area contributed by atoms with Crippen LogP contribution in [0.25, 0.3) is 10.2 Å². The molecule has 1 aromatic heterocycles. The van der Waals surface area contributed by atoms with Gasteiger partial charge in [-0.3, -0.25) is 14.6 Å². The number of thiazole rings is 1. The molecule has 2 heterocycles. The van der Waals surface area contributed by atoms with Crippen LogP contribution >= 0.6 is 23.1 Å². The minimum atomic E-state index is 0.0690. The largest absolute Gasteiger partial charge is 0.494 e. The van der Waals surface area contributed by atoms with Gasteiger partial charge in [-0.15, -0.1) is 11.8 Å². The van der Waals surface area contributed by atoms with Gasteiger partial charge in [-0.2, -0.15) is 0 Å². The van der Waals surface area contributed by atoms with Gasteiger partial charge in [-0.05, 0) is 37.6 Å². The number of aryl methyl sites for hydroxylation is 2. The highest BCUT2D eigenvalue weighted by atomic mass is 32.2. The molecule has 0 aliphatic carbocycles. The predicted molar refractivity (Wildman–Crippen MR) is 132 cm³/mol. The number of hydrogen-bond acceptors (Lipinski definition) is 7. The minimum absolute atomic E-state index is 0.0690. The second-order valence-corrected chi connectivity index (χ2v) is 9.89. The quantitative estimate of drug-likeness (QED) is 0.455. The summed E-state index contributed by atoms with van der Waals surface area (Å²) in [5.41, 5.74) is 3.17. The van der Waals surface area contributed by atoms with Crippen molar-refractivity contribution in [2.24, 2.45) is 0 Å². The highest BCUT2D eigenvalue weighted by Crippen LogP contribution is 2.36. The van der Waals surface area contributed by atoms with Crippen LogP contribution in [0.15, 0.2) is 41.3 Å². The predicted octanol–water partition coefficient (Wildman–Crippen LogP) is 4.38. The van der Waals surface area contributed by atoms with Crippen molar-refractivity contribution in [2.45, 2.75) is 18.7 Å². The number of aromatic nitrogens is 1. The molecular weight excluding hydrogens is 442 g/mol. The lowest BCUT2D eigenvalue weighted by molar-refractivity contribution is -0.116. The number of morpholine rings is 1. The molecule has 32 heavy (non-hydrogen) atoms. The summed E-state index contributed by atoms with van der Waals surface area (Å²) in [6.45, 7) is 8.82. The number of fused-ring (bicyclic) bond motifs is 1. The van der Waals surface area contributed by atoms with E-state index in [1.54, 1.807) is 30.2 Å². The fourth-order valence-electron chi connectivity index (χ4n) is 3.63. The topological polar surface area (TPSA) is 54.9 Å². The van der Waals surface area contributed by atoms with Gasteiger partial charge < -0.3 is 9.47 Å². The standard InChI is InChI=1S/C24H29N3O3S2/c1-17-4-7-19(8-5-17)31-16-21(28)27(11-10-26-12-14-30-15-13-26)24-25-22-20(29-3)9-6-18(2)23(22)32-24/h4-9H,10-16H2,1-3H3. The van der Waals surface area contributed by atoms with Gasteiger partial charge in [0, 0.05) is 31.1 Å². The van der Waals surface area contributed by atoms with E-state index in [9.17, 15) is 4.79 Å². The Hall–Kier alpha value is -2.13. The average Bonchev–Trinajstić information content (AvgIpc) is 3.26. The normalized spacial score (nSPS) is 14.6. The summed E-state index contributed by atoms with van der Waals surface area (Å²) in [6, 6.07) is 12.3. The van der Waals surface area contributed by atoms with Crippen LogP contribution in [-0.2, 0) is 9.53 Å². The number of nitrogens with zero attached hydrogens (tertiary/aromatic N) is 3. The first-order valence-corrected chi connectivity index (χ1v) is 12.6. The summed E-state index contributed by atoms with van der Waals surface area (Å²) in [5.74, 6) is 1.18. The average molecular weight is 472 g/mol. The SMILES string of the molecule is COc1ccc(C)c2sc(N(CCN3CCOCC3)C(=O)CSc3ccc(C)cc3)nc12. The van der Waals surface area contributed by atoms with E-state index in [1.165, 1.54) is 5.56 Å². The molecule has 3 aromatic rings. The van der Waals surface area contributed by atoms with Gasteiger partial charge in [-0.25, -0.2) is 4.98 Å². The molecule has 0 N–H and O–H groups in total. The van der Waals surface area contributed by atoms with Gasteiger partial charge in [0.2, 0.25) is 5.91 Å². The van der Waals surface area contributed by atoms with Gasteiger partial charge in [0.15, 0.2) is 5.13 Å². The molecule has 1 amide bonds. The first-order valence-electron chi connectivity index (χ1n) is 10.8. The Labute approximate surface area is 197 Å². The lowest BCUT2D eigenvalue weighted by atomic mass is 10.2. The molecule has 1 aliphatic heterocycles. The van der Waals surface area contributed by atoms with Crippen LogP contribution < -0.4 is 9.64 Å². The van der Waals surface area contributed by atoms with Gasteiger partial charge in [-0.1, -0.05) is 35.1 Å². The zero-order valence-electron chi connectivity index (χ0n) is 18.8. The molecule has 0 atom stereocenters. The summed E-state index contributed by atoms with van der Waals surface area (Å²) in [6.07, 6.45) is 0. The number of hydrogen-bond donors (Lipinski definition) is 0. The first-order chi connectivity index (χ1) is 15.5. The molecule has 1 aliphatic rings. The Morgan fingerprint density at radius 3 is 2.66 bits per heavy atom. The van der Waals surface area contributed by atoms with Crippen molar-refractivity contribution < 1.29 is 14.3 Å². The number of thioether (sulfide) groups is 1. The van der Waals surface area contributed by atoms with Gasteiger partial charge >= 0.3 is 0 Å². The molecule has 0 saturated carbocycles. The summed E-state index contributed by atoms with van der Waals surface area (Å²) in [5, 5.41) is 0.732. The van der Waals surface area contributed by atoms with Crippen molar-refractivity contribution in [3.63, 3.8) is 0 Å². The zero-order chi connectivity index (χ0) is 22.5. The minimum Gasteiger partial charge on any atom is -0.494 e. The van der Waals surface area contributed by atoms with Crippen LogP contribution in [0.1, 0.15) is 11.1 Å². The van der Waals surface area contributed by atoms with E-state index < -0.39 is 0 Å². The van der Waals surface area contributed by atoms with E-state index in [0.29, 0.717) is 12.3 Å². The number of ether oxygens (including phenoxy) is 2. The maximum absolute atomic E-state index is 13.4. The van der Waals surface area contributed by atoms with Crippen molar-refractivity contribution >= 4 is 44.4 Å². The molecule has 2 aromatic carbocycles. The smallest absolute Gasteiger partial charge is 0.239 e. The Balaban J connectivity index is 1.56. The first kappa shape index (κ1) is 23.0. The highest BCUT2D eigenvalue weighted by molar-refractivity contribution is 8.00. The fourth-order valence-corrected chi connectivity index (χ4v) is 5.50. The van der Waals surface area contributed by atoms with E-state index in [0.717, 1.165) is 64.4 Å². The van der Waals surface area contributed by atoms with E-state index in [4.69, 9.17) is 14.5 Å². The number of carbonyl (C=O) groups excluding carboxylic acids is 1. The summed E-state index contributed by atoms with van der Waals surface area (Å²) >= 11 is 3.13. The van der Waals surface area contributed by atoms with Crippen molar-refractivity contribution in [3.05, 3.63) is 47.5 Å². The monoisotopic (exact) mass is 471 g/mol. The summed E-state index contributed by atoms with van der Waals surface area (Å²) < 4.78 is 12.0. The van der Waals surface area contributed by atoms with Crippen molar-refractivity contribution in [1.29, 1.82) is 0 Å². The maximum atomic E-state index is 13.4. The lowest BCUT2D eigenvalue weighted by Gasteiger charge is -2.29. The molecule has 4 rings (SSSR count). The van der Waals surface area contributed by atoms with Gasteiger partial charge in [0.25, 0.3) is 0 Å². The number of anilines is 1.